The summed E-state index contributed by atoms with van der Waals surface area (Å²) >= 11 is 0. The van der Waals surface area contributed by atoms with Crippen LogP contribution in [0.1, 0.15) is 11.1 Å². The SMILES string of the molecule is Cc1ccc(C(O)(C(N)=O)C(F)(F)F)cc1-c1cnc(N)c(-c2ccnn2C)n1. The van der Waals surface area contributed by atoms with Crippen LogP contribution in [-0.4, -0.2) is 36.9 Å². The van der Waals surface area contributed by atoms with Crippen LogP contribution in [0.15, 0.2) is 36.7 Å². The molecule has 0 aliphatic carbocycles. The van der Waals surface area contributed by atoms with Crippen LogP contribution in [0.3, 0.4) is 0 Å². The van der Waals surface area contributed by atoms with Crippen LogP contribution in [0, 0.1) is 6.92 Å². The number of rotatable bonds is 4. The number of aromatic nitrogens is 4. The third kappa shape index (κ3) is 3.29. The number of aliphatic hydroxyl groups is 1. The standard InChI is InChI=1S/C18H17F3N6O2/c1-9-3-4-10(17(29,16(23)28)18(19,20)21)7-11(9)12-8-24-15(22)14(26-12)13-5-6-25-27(13)2/h3-8,29H,1-2H3,(H2,22,24)(H2,23,28). The maximum absolute atomic E-state index is 13.4. The van der Waals surface area contributed by atoms with E-state index in [1.165, 1.54) is 23.1 Å². The minimum absolute atomic E-state index is 0.107. The molecule has 1 aromatic carbocycles. The zero-order valence-electron chi connectivity index (χ0n) is 15.4. The van der Waals surface area contributed by atoms with Gasteiger partial charge >= 0.3 is 6.18 Å². The Balaban J connectivity index is 2.20. The molecule has 5 N–H and O–H groups in total. The molecule has 0 radical (unpaired) electrons. The number of benzene rings is 1. The van der Waals surface area contributed by atoms with Gasteiger partial charge in [0.05, 0.1) is 17.6 Å². The number of nitrogens with two attached hydrogens (primary N) is 2. The van der Waals surface area contributed by atoms with Crippen molar-refractivity contribution in [2.75, 3.05) is 5.73 Å². The molecule has 0 fully saturated rings. The fourth-order valence-electron chi connectivity index (χ4n) is 2.89. The van der Waals surface area contributed by atoms with Crippen molar-refractivity contribution in [3.8, 4) is 22.6 Å². The van der Waals surface area contributed by atoms with E-state index >= 15 is 0 Å². The largest absolute Gasteiger partial charge is 0.430 e. The number of aryl methyl sites for hydroxylation is 2. The highest BCUT2D eigenvalue weighted by Gasteiger charge is 2.60. The van der Waals surface area contributed by atoms with Gasteiger partial charge in [0.2, 0.25) is 0 Å². The van der Waals surface area contributed by atoms with E-state index in [0.717, 1.165) is 12.1 Å². The first kappa shape index (κ1) is 20.3. The fraction of sp³-hybridized carbons (Fsp3) is 0.222. The summed E-state index contributed by atoms with van der Waals surface area (Å²) in [6.07, 6.45) is -2.48. The molecule has 3 aromatic rings. The van der Waals surface area contributed by atoms with Gasteiger partial charge in [0.15, 0.2) is 5.82 Å². The van der Waals surface area contributed by atoms with Gasteiger partial charge < -0.3 is 16.6 Å². The molecule has 2 heterocycles. The second kappa shape index (κ2) is 6.85. The van der Waals surface area contributed by atoms with Gasteiger partial charge in [-0.2, -0.15) is 18.3 Å². The van der Waals surface area contributed by atoms with E-state index in [-0.39, 0.29) is 22.8 Å². The van der Waals surface area contributed by atoms with E-state index in [1.54, 1.807) is 20.0 Å². The first-order chi connectivity index (χ1) is 13.5. The molecule has 2 aromatic heterocycles. The van der Waals surface area contributed by atoms with Gasteiger partial charge in [-0.05, 0) is 24.6 Å². The van der Waals surface area contributed by atoms with Crippen molar-refractivity contribution in [2.45, 2.75) is 18.7 Å². The maximum Gasteiger partial charge on any atom is 0.430 e. The second-order valence-corrected chi connectivity index (χ2v) is 6.43. The van der Waals surface area contributed by atoms with Gasteiger partial charge in [-0.1, -0.05) is 12.1 Å². The van der Waals surface area contributed by atoms with Crippen molar-refractivity contribution < 1.29 is 23.1 Å². The van der Waals surface area contributed by atoms with Gasteiger partial charge in [-0.3, -0.25) is 9.48 Å². The van der Waals surface area contributed by atoms with Crippen LogP contribution in [0.5, 0.6) is 0 Å². The highest BCUT2D eigenvalue weighted by atomic mass is 19.4. The van der Waals surface area contributed by atoms with Crippen LogP contribution in [0.25, 0.3) is 22.6 Å². The third-order valence-corrected chi connectivity index (χ3v) is 4.56. The zero-order chi connectivity index (χ0) is 21.6. The van der Waals surface area contributed by atoms with Crippen molar-refractivity contribution in [1.82, 2.24) is 19.7 Å². The average molecular weight is 406 g/mol. The molecular formula is C18H17F3N6O2. The lowest BCUT2D eigenvalue weighted by atomic mass is 9.89. The monoisotopic (exact) mass is 406 g/mol. The van der Waals surface area contributed by atoms with Crippen LogP contribution < -0.4 is 11.5 Å². The molecule has 1 amide bonds. The Labute approximate surface area is 163 Å². The maximum atomic E-state index is 13.4. The van der Waals surface area contributed by atoms with Crippen molar-refractivity contribution in [1.29, 1.82) is 0 Å². The van der Waals surface area contributed by atoms with E-state index < -0.39 is 23.2 Å². The Hall–Kier alpha value is -3.47. The third-order valence-electron chi connectivity index (χ3n) is 4.56. The van der Waals surface area contributed by atoms with Gasteiger partial charge in [-0.25, -0.2) is 9.97 Å². The van der Waals surface area contributed by atoms with Gasteiger partial charge in [0.25, 0.3) is 11.5 Å². The molecule has 0 saturated carbocycles. The van der Waals surface area contributed by atoms with E-state index in [1.807, 2.05) is 0 Å². The average Bonchev–Trinajstić information content (AvgIpc) is 3.06. The summed E-state index contributed by atoms with van der Waals surface area (Å²) in [6, 6.07) is 4.99. The molecule has 8 nitrogen and oxygen atoms in total. The Kier molecular flexibility index (Phi) is 4.79. The molecular weight excluding hydrogens is 389 g/mol. The highest BCUT2D eigenvalue weighted by molar-refractivity contribution is 5.86. The summed E-state index contributed by atoms with van der Waals surface area (Å²) in [5.74, 6) is -1.83. The molecule has 29 heavy (non-hydrogen) atoms. The number of halogens is 3. The first-order valence-corrected chi connectivity index (χ1v) is 8.28. The zero-order valence-corrected chi connectivity index (χ0v) is 15.4. The number of hydrogen-bond donors (Lipinski definition) is 3. The summed E-state index contributed by atoms with van der Waals surface area (Å²) in [5.41, 5.74) is 8.00. The topological polar surface area (TPSA) is 133 Å². The number of amides is 1. The Bertz CT molecular complexity index is 1100. The lowest BCUT2D eigenvalue weighted by Gasteiger charge is -2.28. The fourth-order valence-corrected chi connectivity index (χ4v) is 2.89. The van der Waals surface area contributed by atoms with Crippen LogP contribution in [0.4, 0.5) is 19.0 Å². The van der Waals surface area contributed by atoms with Gasteiger partial charge in [-0.15, -0.1) is 0 Å². The number of nitrogens with zero attached hydrogens (tertiary/aromatic N) is 4. The number of hydrogen-bond acceptors (Lipinski definition) is 6. The van der Waals surface area contributed by atoms with Crippen LogP contribution in [-0.2, 0) is 17.4 Å². The number of primary amides is 1. The summed E-state index contributed by atoms with van der Waals surface area (Å²) in [6.45, 7) is 1.64. The van der Waals surface area contributed by atoms with E-state index in [2.05, 4.69) is 15.1 Å². The van der Waals surface area contributed by atoms with E-state index in [0.29, 0.717) is 11.3 Å². The van der Waals surface area contributed by atoms with Crippen molar-refractivity contribution in [3.05, 3.63) is 47.8 Å². The van der Waals surface area contributed by atoms with Crippen molar-refractivity contribution >= 4 is 11.7 Å². The first-order valence-electron chi connectivity index (χ1n) is 8.28. The molecule has 0 aliphatic rings. The predicted molar refractivity (Wildman–Crippen MR) is 98.0 cm³/mol. The van der Waals surface area contributed by atoms with E-state index in [4.69, 9.17) is 11.5 Å². The van der Waals surface area contributed by atoms with Crippen LogP contribution in [0.2, 0.25) is 0 Å². The summed E-state index contributed by atoms with van der Waals surface area (Å²) < 4.78 is 41.8. The normalized spacial score (nSPS) is 13.9. The van der Waals surface area contributed by atoms with E-state index in [9.17, 15) is 23.1 Å². The molecule has 0 aliphatic heterocycles. The minimum atomic E-state index is -5.31. The predicted octanol–water partition coefficient (Wildman–Crippen LogP) is 1.67. The molecule has 1 atom stereocenters. The number of carbonyl (C=O) groups excluding carboxylic acids is 1. The summed E-state index contributed by atoms with van der Waals surface area (Å²) in [7, 11) is 1.67. The van der Waals surface area contributed by atoms with Gasteiger partial charge in [0, 0.05) is 24.4 Å². The Morgan fingerprint density at radius 1 is 1.24 bits per heavy atom. The van der Waals surface area contributed by atoms with Gasteiger partial charge in [0.1, 0.15) is 5.69 Å². The molecule has 0 spiro atoms. The molecule has 0 bridgehead atoms. The van der Waals surface area contributed by atoms with Crippen LogP contribution >= 0.6 is 0 Å². The quantitative estimate of drug-likeness (QED) is 0.604. The summed E-state index contributed by atoms with van der Waals surface area (Å²) in [5, 5.41) is 14.1. The molecule has 3 rings (SSSR count). The lowest BCUT2D eigenvalue weighted by Crippen LogP contribution is -2.52. The number of carbonyl (C=O) groups is 1. The number of nitrogen functional groups attached to an aromatic ring is 1. The molecule has 1 unspecified atom stereocenters. The Morgan fingerprint density at radius 3 is 2.48 bits per heavy atom. The molecule has 11 heteroatoms. The summed E-state index contributed by atoms with van der Waals surface area (Å²) in [4.78, 5) is 20.0. The number of alkyl halides is 3. The number of anilines is 1. The van der Waals surface area contributed by atoms with Crippen molar-refractivity contribution in [2.24, 2.45) is 12.8 Å². The molecule has 0 saturated heterocycles. The minimum Gasteiger partial charge on any atom is -0.382 e. The highest BCUT2D eigenvalue weighted by Crippen LogP contribution is 2.40. The lowest BCUT2D eigenvalue weighted by molar-refractivity contribution is -0.255. The second-order valence-electron chi connectivity index (χ2n) is 6.43. The smallest absolute Gasteiger partial charge is 0.382 e. The Morgan fingerprint density at radius 2 is 1.93 bits per heavy atom. The molecule has 152 valence electrons. The van der Waals surface area contributed by atoms with Crippen molar-refractivity contribution in [3.63, 3.8) is 0 Å².